The standard InChI is InChI=1S/C19H23NO2/c21-14-12-19(18-9-5-2-6-10-18)11-13-20(16-19)22-15-17-7-3-1-4-8-17/h1-10,21H,11-16H2. The van der Waals surface area contributed by atoms with Crippen molar-refractivity contribution in [3.05, 3.63) is 71.8 Å². The van der Waals surface area contributed by atoms with Crippen LogP contribution in [0, 0.1) is 0 Å². The van der Waals surface area contributed by atoms with Crippen LogP contribution >= 0.6 is 0 Å². The molecule has 0 aliphatic carbocycles. The Morgan fingerprint density at radius 2 is 1.68 bits per heavy atom. The molecular weight excluding hydrogens is 274 g/mol. The molecule has 3 nitrogen and oxygen atoms in total. The third kappa shape index (κ3) is 3.38. The summed E-state index contributed by atoms with van der Waals surface area (Å²) >= 11 is 0. The highest BCUT2D eigenvalue weighted by Crippen LogP contribution is 2.37. The van der Waals surface area contributed by atoms with Crippen molar-refractivity contribution in [2.45, 2.75) is 24.9 Å². The van der Waals surface area contributed by atoms with E-state index in [1.165, 1.54) is 11.1 Å². The van der Waals surface area contributed by atoms with Crippen LogP contribution in [0.3, 0.4) is 0 Å². The first-order valence-electron chi connectivity index (χ1n) is 7.91. The van der Waals surface area contributed by atoms with E-state index in [4.69, 9.17) is 4.84 Å². The van der Waals surface area contributed by atoms with Gasteiger partial charge in [-0.25, -0.2) is 0 Å². The van der Waals surface area contributed by atoms with Crippen molar-refractivity contribution >= 4 is 0 Å². The largest absolute Gasteiger partial charge is 0.396 e. The quantitative estimate of drug-likeness (QED) is 0.889. The SMILES string of the molecule is OCCC1(c2ccccc2)CCN(OCc2ccccc2)C1. The molecule has 1 unspecified atom stereocenters. The van der Waals surface area contributed by atoms with Crippen LogP contribution in [0.1, 0.15) is 24.0 Å². The second-order valence-corrected chi connectivity index (χ2v) is 5.99. The lowest BCUT2D eigenvalue weighted by Gasteiger charge is -2.29. The van der Waals surface area contributed by atoms with Crippen molar-refractivity contribution in [2.75, 3.05) is 19.7 Å². The van der Waals surface area contributed by atoms with Gasteiger partial charge in [0.15, 0.2) is 0 Å². The third-order valence-electron chi connectivity index (χ3n) is 4.55. The zero-order valence-corrected chi connectivity index (χ0v) is 12.8. The van der Waals surface area contributed by atoms with E-state index in [2.05, 4.69) is 41.5 Å². The molecule has 2 aromatic carbocycles. The van der Waals surface area contributed by atoms with Crippen LogP contribution < -0.4 is 0 Å². The maximum atomic E-state index is 9.49. The average molecular weight is 297 g/mol. The van der Waals surface area contributed by atoms with Crippen molar-refractivity contribution in [3.8, 4) is 0 Å². The fourth-order valence-electron chi connectivity index (χ4n) is 3.27. The van der Waals surface area contributed by atoms with Gasteiger partial charge in [-0.05, 0) is 24.0 Å². The lowest BCUT2D eigenvalue weighted by atomic mass is 9.77. The number of hydrogen-bond acceptors (Lipinski definition) is 3. The predicted molar refractivity (Wildman–Crippen MR) is 87.2 cm³/mol. The van der Waals surface area contributed by atoms with Crippen molar-refractivity contribution < 1.29 is 9.94 Å². The van der Waals surface area contributed by atoms with Gasteiger partial charge in [-0.15, -0.1) is 0 Å². The lowest BCUT2D eigenvalue weighted by molar-refractivity contribution is -0.157. The number of nitrogens with zero attached hydrogens (tertiary/aromatic N) is 1. The minimum absolute atomic E-state index is 0.00664. The topological polar surface area (TPSA) is 32.7 Å². The van der Waals surface area contributed by atoms with Gasteiger partial charge in [0.1, 0.15) is 0 Å². The molecule has 1 fully saturated rings. The molecule has 1 aliphatic rings. The van der Waals surface area contributed by atoms with Crippen LogP contribution in [0.2, 0.25) is 0 Å². The van der Waals surface area contributed by atoms with Crippen molar-refractivity contribution in [2.24, 2.45) is 0 Å². The molecule has 0 radical (unpaired) electrons. The summed E-state index contributed by atoms with van der Waals surface area (Å²) in [6, 6.07) is 20.7. The van der Waals surface area contributed by atoms with E-state index in [1.54, 1.807) is 0 Å². The maximum absolute atomic E-state index is 9.49. The minimum atomic E-state index is 0.00664. The first kappa shape index (κ1) is 15.2. The van der Waals surface area contributed by atoms with Crippen molar-refractivity contribution in [1.82, 2.24) is 5.06 Å². The molecule has 3 heteroatoms. The molecule has 0 saturated carbocycles. The highest BCUT2D eigenvalue weighted by molar-refractivity contribution is 5.27. The van der Waals surface area contributed by atoms with Gasteiger partial charge in [0.05, 0.1) is 6.61 Å². The Balaban J connectivity index is 1.66. The van der Waals surface area contributed by atoms with Crippen LogP contribution in [-0.4, -0.2) is 29.9 Å². The number of aliphatic hydroxyl groups is 1. The molecule has 22 heavy (non-hydrogen) atoms. The van der Waals surface area contributed by atoms with Crippen molar-refractivity contribution in [1.29, 1.82) is 0 Å². The smallest absolute Gasteiger partial charge is 0.0935 e. The van der Waals surface area contributed by atoms with E-state index < -0.39 is 0 Å². The van der Waals surface area contributed by atoms with Crippen molar-refractivity contribution in [3.63, 3.8) is 0 Å². The zero-order chi connectivity index (χ0) is 15.3. The van der Waals surface area contributed by atoms with Crippen LogP contribution in [0.4, 0.5) is 0 Å². The Labute approximate surface area is 132 Å². The van der Waals surface area contributed by atoms with E-state index in [0.717, 1.165) is 25.9 Å². The van der Waals surface area contributed by atoms with Gasteiger partial charge in [-0.3, -0.25) is 4.84 Å². The molecule has 1 atom stereocenters. The highest BCUT2D eigenvalue weighted by atomic mass is 16.7. The zero-order valence-electron chi connectivity index (χ0n) is 12.8. The number of hydroxylamine groups is 2. The Hall–Kier alpha value is -1.68. The van der Waals surface area contributed by atoms with Gasteiger partial charge in [0.25, 0.3) is 0 Å². The van der Waals surface area contributed by atoms with Gasteiger partial charge in [0.2, 0.25) is 0 Å². The van der Waals surface area contributed by atoms with Gasteiger partial charge in [0, 0.05) is 25.1 Å². The molecule has 0 spiro atoms. The van der Waals surface area contributed by atoms with Gasteiger partial charge < -0.3 is 5.11 Å². The molecule has 116 valence electrons. The van der Waals surface area contributed by atoms with E-state index >= 15 is 0 Å². The minimum Gasteiger partial charge on any atom is -0.396 e. The summed E-state index contributed by atoms with van der Waals surface area (Å²) in [7, 11) is 0. The maximum Gasteiger partial charge on any atom is 0.0935 e. The summed E-state index contributed by atoms with van der Waals surface area (Å²) in [5.41, 5.74) is 2.49. The molecule has 2 aromatic rings. The first-order valence-corrected chi connectivity index (χ1v) is 7.91. The molecule has 0 aromatic heterocycles. The average Bonchev–Trinajstić information content (AvgIpc) is 3.00. The number of rotatable bonds is 6. The molecule has 0 bridgehead atoms. The Kier molecular flexibility index (Phi) is 4.88. The Morgan fingerprint density at radius 1 is 1.00 bits per heavy atom. The third-order valence-corrected chi connectivity index (χ3v) is 4.55. The first-order chi connectivity index (χ1) is 10.8. The molecule has 1 N–H and O–H groups in total. The summed E-state index contributed by atoms with van der Waals surface area (Å²) in [6.07, 6.45) is 1.80. The van der Waals surface area contributed by atoms with Gasteiger partial charge in [-0.2, -0.15) is 5.06 Å². The lowest BCUT2D eigenvalue weighted by Crippen LogP contribution is -2.32. The summed E-state index contributed by atoms with van der Waals surface area (Å²) in [6.45, 7) is 2.55. The van der Waals surface area contributed by atoms with E-state index in [0.29, 0.717) is 6.61 Å². The second-order valence-electron chi connectivity index (χ2n) is 5.99. The van der Waals surface area contributed by atoms with Gasteiger partial charge in [-0.1, -0.05) is 60.7 Å². The number of aliphatic hydroxyl groups excluding tert-OH is 1. The van der Waals surface area contributed by atoms with E-state index in [1.807, 2.05) is 24.3 Å². The molecule has 1 saturated heterocycles. The predicted octanol–water partition coefficient (Wildman–Crippen LogP) is 3.14. The Bertz CT molecular complexity index is 573. The molecule has 1 heterocycles. The molecule has 3 rings (SSSR count). The summed E-state index contributed by atoms with van der Waals surface area (Å²) < 4.78 is 0. The van der Waals surface area contributed by atoms with Crippen LogP contribution in [-0.2, 0) is 16.9 Å². The summed E-state index contributed by atoms with van der Waals surface area (Å²) in [5.74, 6) is 0. The van der Waals surface area contributed by atoms with Crippen LogP contribution in [0.5, 0.6) is 0 Å². The van der Waals surface area contributed by atoms with Crippen LogP contribution in [0.15, 0.2) is 60.7 Å². The molecular formula is C19H23NO2. The fourth-order valence-corrected chi connectivity index (χ4v) is 3.27. The molecule has 0 amide bonds. The number of benzene rings is 2. The highest BCUT2D eigenvalue weighted by Gasteiger charge is 2.39. The van der Waals surface area contributed by atoms with Gasteiger partial charge >= 0.3 is 0 Å². The van der Waals surface area contributed by atoms with E-state index in [-0.39, 0.29) is 12.0 Å². The van der Waals surface area contributed by atoms with Crippen LogP contribution in [0.25, 0.3) is 0 Å². The monoisotopic (exact) mass is 297 g/mol. The second kappa shape index (κ2) is 7.05. The van der Waals surface area contributed by atoms with E-state index in [9.17, 15) is 5.11 Å². The normalized spacial score (nSPS) is 22.0. The fraction of sp³-hybridized carbons (Fsp3) is 0.368. The summed E-state index contributed by atoms with van der Waals surface area (Å²) in [4.78, 5) is 5.96. The number of hydrogen-bond donors (Lipinski definition) is 1. The molecule has 1 aliphatic heterocycles. The Morgan fingerprint density at radius 3 is 2.36 bits per heavy atom. The summed E-state index contributed by atoms with van der Waals surface area (Å²) in [5, 5.41) is 11.5.